The van der Waals surface area contributed by atoms with Gasteiger partial charge in [-0.2, -0.15) is 5.26 Å². The molecule has 1 aliphatic carbocycles. The van der Waals surface area contributed by atoms with Crippen LogP contribution in [0.3, 0.4) is 0 Å². The van der Waals surface area contributed by atoms with Crippen LogP contribution in [0.4, 0.5) is 4.39 Å². The van der Waals surface area contributed by atoms with Gasteiger partial charge in [-0.3, -0.25) is 0 Å². The molecule has 1 fully saturated rings. The fourth-order valence-corrected chi connectivity index (χ4v) is 3.00. The van der Waals surface area contributed by atoms with E-state index in [1.54, 1.807) is 38.3 Å². The fraction of sp³-hybridized carbons (Fsp3) is 0.263. The summed E-state index contributed by atoms with van der Waals surface area (Å²) in [5, 5.41) is 9.56. The number of rotatable bonds is 3. The predicted molar refractivity (Wildman–Crippen MR) is 87.4 cm³/mol. The Morgan fingerprint density at radius 1 is 1.38 bits per heavy atom. The SMILES string of the molecule is COc1cccc(-c2c(C)c(C#N)c3nc(C4CC4)oc3c2F)c1. The van der Waals surface area contributed by atoms with E-state index in [2.05, 4.69) is 11.1 Å². The zero-order valence-electron chi connectivity index (χ0n) is 13.4. The summed E-state index contributed by atoms with van der Waals surface area (Å²) < 4.78 is 26.1. The van der Waals surface area contributed by atoms with Crippen LogP contribution >= 0.6 is 0 Å². The molecule has 24 heavy (non-hydrogen) atoms. The van der Waals surface area contributed by atoms with Crippen molar-refractivity contribution >= 4 is 11.1 Å². The van der Waals surface area contributed by atoms with Crippen LogP contribution < -0.4 is 4.74 Å². The Labute approximate surface area is 138 Å². The number of hydrogen-bond acceptors (Lipinski definition) is 4. The van der Waals surface area contributed by atoms with Crippen molar-refractivity contribution in [3.8, 4) is 22.9 Å². The summed E-state index contributed by atoms with van der Waals surface area (Å²) in [7, 11) is 1.56. The number of halogens is 1. The van der Waals surface area contributed by atoms with E-state index in [1.165, 1.54) is 0 Å². The first-order chi connectivity index (χ1) is 11.6. The van der Waals surface area contributed by atoms with Gasteiger partial charge in [-0.05, 0) is 43.0 Å². The van der Waals surface area contributed by atoms with Crippen molar-refractivity contribution in [2.24, 2.45) is 0 Å². The summed E-state index contributed by atoms with van der Waals surface area (Å²) in [5.41, 5.74) is 2.31. The lowest BCUT2D eigenvalue weighted by atomic mass is 9.95. The van der Waals surface area contributed by atoms with Crippen molar-refractivity contribution in [2.75, 3.05) is 7.11 Å². The van der Waals surface area contributed by atoms with Gasteiger partial charge in [0.05, 0.1) is 12.7 Å². The van der Waals surface area contributed by atoms with Gasteiger partial charge in [-0.25, -0.2) is 9.37 Å². The van der Waals surface area contributed by atoms with Gasteiger partial charge in [-0.15, -0.1) is 0 Å². The number of methoxy groups -OCH3 is 1. The predicted octanol–water partition coefficient (Wildman–Crippen LogP) is 4.70. The highest BCUT2D eigenvalue weighted by Gasteiger charge is 2.31. The van der Waals surface area contributed by atoms with Crippen molar-refractivity contribution in [1.82, 2.24) is 4.98 Å². The van der Waals surface area contributed by atoms with Crippen LogP contribution in [-0.2, 0) is 0 Å². The second-order valence-electron chi connectivity index (χ2n) is 6.04. The third-order valence-corrected chi connectivity index (χ3v) is 4.45. The lowest BCUT2D eigenvalue weighted by Gasteiger charge is -2.11. The number of nitrogens with zero attached hydrogens (tertiary/aromatic N) is 2. The molecule has 0 amide bonds. The van der Waals surface area contributed by atoms with Gasteiger partial charge in [0, 0.05) is 11.5 Å². The number of ether oxygens (including phenoxy) is 1. The minimum Gasteiger partial charge on any atom is -0.497 e. The third kappa shape index (κ3) is 2.15. The van der Waals surface area contributed by atoms with Gasteiger partial charge in [0.25, 0.3) is 0 Å². The van der Waals surface area contributed by atoms with Gasteiger partial charge >= 0.3 is 0 Å². The highest BCUT2D eigenvalue weighted by molar-refractivity contribution is 5.89. The van der Waals surface area contributed by atoms with Crippen molar-refractivity contribution in [3.05, 3.63) is 47.1 Å². The number of aromatic nitrogens is 1. The lowest BCUT2D eigenvalue weighted by molar-refractivity contribution is 0.415. The van der Waals surface area contributed by atoms with Crippen molar-refractivity contribution < 1.29 is 13.5 Å². The average Bonchev–Trinajstić information content (AvgIpc) is 3.35. The molecule has 4 nitrogen and oxygen atoms in total. The van der Waals surface area contributed by atoms with E-state index in [4.69, 9.17) is 9.15 Å². The van der Waals surface area contributed by atoms with Gasteiger partial charge < -0.3 is 9.15 Å². The first-order valence-corrected chi connectivity index (χ1v) is 7.81. The molecule has 0 unspecified atom stereocenters. The van der Waals surface area contributed by atoms with E-state index < -0.39 is 5.82 Å². The lowest BCUT2D eigenvalue weighted by Crippen LogP contribution is -1.96. The molecule has 1 heterocycles. The monoisotopic (exact) mass is 322 g/mol. The normalized spacial score (nSPS) is 13.9. The highest BCUT2D eigenvalue weighted by Crippen LogP contribution is 2.43. The Balaban J connectivity index is 2.03. The number of oxazole rings is 1. The summed E-state index contributed by atoms with van der Waals surface area (Å²) in [6.45, 7) is 1.74. The third-order valence-electron chi connectivity index (χ3n) is 4.45. The molecule has 1 aromatic heterocycles. The molecule has 0 radical (unpaired) electrons. The molecule has 5 heteroatoms. The van der Waals surface area contributed by atoms with Crippen LogP contribution in [0.25, 0.3) is 22.2 Å². The first-order valence-electron chi connectivity index (χ1n) is 7.81. The molecule has 1 aliphatic rings. The summed E-state index contributed by atoms with van der Waals surface area (Å²) >= 11 is 0. The zero-order chi connectivity index (χ0) is 16.8. The average molecular weight is 322 g/mol. The fourth-order valence-electron chi connectivity index (χ4n) is 3.00. The van der Waals surface area contributed by atoms with Crippen LogP contribution in [0.5, 0.6) is 5.75 Å². The molecule has 4 rings (SSSR count). The maximum atomic E-state index is 15.2. The maximum Gasteiger partial charge on any atom is 0.198 e. The summed E-state index contributed by atoms with van der Waals surface area (Å²) in [6.07, 6.45) is 2.00. The largest absolute Gasteiger partial charge is 0.497 e. The van der Waals surface area contributed by atoms with Crippen LogP contribution in [0.15, 0.2) is 28.7 Å². The van der Waals surface area contributed by atoms with Gasteiger partial charge in [0.15, 0.2) is 17.3 Å². The number of hydrogen-bond donors (Lipinski definition) is 0. The second-order valence-corrected chi connectivity index (χ2v) is 6.04. The maximum absolute atomic E-state index is 15.2. The van der Waals surface area contributed by atoms with E-state index in [9.17, 15) is 5.26 Å². The minimum atomic E-state index is -0.478. The quantitative estimate of drug-likeness (QED) is 0.701. The van der Waals surface area contributed by atoms with Crippen molar-refractivity contribution in [2.45, 2.75) is 25.7 Å². The van der Waals surface area contributed by atoms with Crippen LogP contribution in [0, 0.1) is 24.1 Å². The van der Waals surface area contributed by atoms with Gasteiger partial charge in [-0.1, -0.05) is 12.1 Å². The zero-order valence-corrected chi connectivity index (χ0v) is 13.4. The van der Waals surface area contributed by atoms with E-state index >= 15 is 4.39 Å². The topological polar surface area (TPSA) is 59.0 Å². The highest BCUT2D eigenvalue weighted by atomic mass is 19.1. The van der Waals surface area contributed by atoms with E-state index in [-0.39, 0.29) is 11.5 Å². The number of benzene rings is 2. The molecule has 0 bridgehead atoms. The smallest absolute Gasteiger partial charge is 0.198 e. The molecule has 3 aromatic rings. The van der Waals surface area contributed by atoms with Crippen molar-refractivity contribution in [1.29, 1.82) is 5.26 Å². The van der Waals surface area contributed by atoms with Gasteiger partial charge in [0.1, 0.15) is 17.3 Å². The molecule has 120 valence electrons. The summed E-state index contributed by atoms with van der Waals surface area (Å²) in [4.78, 5) is 4.38. The Bertz CT molecular complexity index is 997. The molecule has 0 atom stereocenters. The Kier molecular flexibility index (Phi) is 3.27. The molecule has 1 saturated carbocycles. The molecule has 0 saturated heterocycles. The molecule has 0 spiro atoms. The van der Waals surface area contributed by atoms with E-state index in [1.807, 2.05) is 0 Å². The van der Waals surface area contributed by atoms with Gasteiger partial charge in [0.2, 0.25) is 0 Å². The molecular formula is C19H15FN2O2. The summed E-state index contributed by atoms with van der Waals surface area (Å²) in [5.74, 6) is 0.932. The van der Waals surface area contributed by atoms with Crippen LogP contribution in [-0.4, -0.2) is 12.1 Å². The first kappa shape index (κ1) is 14.7. The van der Waals surface area contributed by atoms with E-state index in [0.717, 1.165) is 12.8 Å². The van der Waals surface area contributed by atoms with Crippen LogP contribution in [0.2, 0.25) is 0 Å². The van der Waals surface area contributed by atoms with E-state index in [0.29, 0.717) is 39.4 Å². The molecule has 0 N–H and O–H groups in total. The standard InChI is InChI=1S/C19H15FN2O2/c1-10-14(9-21)17-18(24-19(22-17)11-6-7-11)16(20)15(10)12-4-3-5-13(8-12)23-2/h3-5,8,11H,6-7H2,1-2H3. The minimum absolute atomic E-state index is 0.0665. The molecule has 0 aliphatic heterocycles. The Morgan fingerprint density at radius 3 is 2.83 bits per heavy atom. The second kappa shape index (κ2) is 5.34. The number of nitriles is 1. The molecular weight excluding hydrogens is 307 g/mol. The van der Waals surface area contributed by atoms with Crippen molar-refractivity contribution in [3.63, 3.8) is 0 Å². The number of fused-ring (bicyclic) bond motifs is 1. The summed E-state index contributed by atoms with van der Waals surface area (Å²) in [6, 6.07) is 9.28. The Hall–Kier alpha value is -2.87. The van der Waals surface area contributed by atoms with Crippen LogP contribution in [0.1, 0.15) is 35.8 Å². The Morgan fingerprint density at radius 2 is 2.17 bits per heavy atom. The molecule has 2 aromatic carbocycles.